The minimum atomic E-state index is -3.56. The fourth-order valence-corrected chi connectivity index (χ4v) is 6.88. The summed E-state index contributed by atoms with van der Waals surface area (Å²) in [5, 5.41) is 0.569. The lowest BCUT2D eigenvalue weighted by atomic mass is 10.2. The van der Waals surface area contributed by atoms with E-state index in [-0.39, 0.29) is 10.8 Å². The predicted molar refractivity (Wildman–Crippen MR) is 147 cm³/mol. The SMILES string of the molecule is COc1cc2nc(N(CCCN(C)C)C(=O)c3ccc(S(=O)(=O)N4CCCCC4)cc3)sc2cc1OC. The van der Waals surface area contributed by atoms with Gasteiger partial charge < -0.3 is 14.4 Å². The number of benzene rings is 2. The van der Waals surface area contributed by atoms with Crippen molar-refractivity contribution in [3.05, 3.63) is 42.0 Å². The molecule has 0 bridgehead atoms. The number of thiazole rings is 1. The second-order valence-corrected chi connectivity index (χ2v) is 12.2. The third-order valence-electron chi connectivity index (χ3n) is 6.40. The van der Waals surface area contributed by atoms with E-state index in [0.29, 0.717) is 47.3 Å². The molecule has 2 heterocycles. The van der Waals surface area contributed by atoms with Crippen LogP contribution in [0.1, 0.15) is 36.0 Å². The summed E-state index contributed by atoms with van der Waals surface area (Å²) in [4.78, 5) is 22.4. The fourth-order valence-electron chi connectivity index (χ4n) is 4.37. The number of anilines is 1. The first-order valence-electron chi connectivity index (χ1n) is 12.3. The third-order valence-corrected chi connectivity index (χ3v) is 9.35. The second kappa shape index (κ2) is 11.8. The topological polar surface area (TPSA) is 92.3 Å². The highest BCUT2D eigenvalue weighted by Crippen LogP contribution is 2.37. The zero-order valence-electron chi connectivity index (χ0n) is 21.8. The van der Waals surface area contributed by atoms with E-state index in [1.165, 1.54) is 27.8 Å². The molecule has 1 fully saturated rings. The summed E-state index contributed by atoms with van der Waals surface area (Å²) < 4.78 is 39.3. The molecule has 1 aliphatic heterocycles. The molecule has 0 unspecified atom stereocenters. The molecule has 0 aliphatic carbocycles. The molecule has 1 amide bonds. The van der Waals surface area contributed by atoms with Gasteiger partial charge >= 0.3 is 0 Å². The van der Waals surface area contributed by atoms with Gasteiger partial charge in [-0.05, 0) is 64.2 Å². The van der Waals surface area contributed by atoms with Gasteiger partial charge in [-0.2, -0.15) is 4.31 Å². The number of methoxy groups -OCH3 is 2. The van der Waals surface area contributed by atoms with Crippen molar-refractivity contribution in [2.45, 2.75) is 30.6 Å². The molecule has 37 heavy (non-hydrogen) atoms. The number of nitrogens with zero attached hydrogens (tertiary/aromatic N) is 4. The van der Waals surface area contributed by atoms with Crippen molar-refractivity contribution in [2.24, 2.45) is 0 Å². The highest BCUT2D eigenvalue weighted by atomic mass is 32.2. The van der Waals surface area contributed by atoms with Crippen LogP contribution in [0.2, 0.25) is 0 Å². The standard InChI is InChI=1S/C26H34N4O5S2/c1-28(2)13-8-16-30(26-27-21-17-22(34-3)23(35-4)18-24(21)36-26)25(31)19-9-11-20(12-10-19)37(32,33)29-14-6-5-7-15-29/h9-12,17-18H,5-8,13-16H2,1-4H3. The van der Waals surface area contributed by atoms with E-state index in [2.05, 4.69) is 4.90 Å². The van der Waals surface area contributed by atoms with Gasteiger partial charge in [-0.15, -0.1) is 0 Å². The Labute approximate surface area is 222 Å². The van der Waals surface area contributed by atoms with Gasteiger partial charge in [0, 0.05) is 37.3 Å². The van der Waals surface area contributed by atoms with Crippen LogP contribution in [-0.2, 0) is 10.0 Å². The first-order chi connectivity index (χ1) is 17.7. The number of rotatable bonds is 10. The molecule has 1 aromatic heterocycles. The average molecular weight is 547 g/mol. The maximum Gasteiger partial charge on any atom is 0.260 e. The van der Waals surface area contributed by atoms with E-state index >= 15 is 0 Å². The normalized spacial score (nSPS) is 14.7. The molecule has 11 heteroatoms. The van der Waals surface area contributed by atoms with E-state index in [1.807, 2.05) is 20.2 Å². The maximum atomic E-state index is 13.7. The van der Waals surface area contributed by atoms with Crippen molar-refractivity contribution in [3.8, 4) is 11.5 Å². The molecule has 0 N–H and O–H groups in total. The number of carbonyl (C=O) groups excluding carboxylic acids is 1. The Morgan fingerprint density at radius 3 is 2.27 bits per heavy atom. The largest absolute Gasteiger partial charge is 0.493 e. The lowest BCUT2D eigenvalue weighted by Crippen LogP contribution is -2.35. The summed E-state index contributed by atoms with van der Waals surface area (Å²) >= 11 is 1.40. The smallest absolute Gasteiger partial charge is 0.260 e. The number of hydrogen-bond acceptors (Lipinski definition) is 8. The van der Waals surface area contributed by atoms with Crippen molar-refractivity contribution in [2.75, 3.05) is 59.4 Å². The molecule has 1 aliphatic rings. The molecule has 0 atom stereocenters. The molecule has 0 radical (unpaired) electrons. The van der Waals surface area contributed by atoms with Crippen molar-refractivity contribution in [3.63, 3.8) is 0 Å². The van der Waals surface area contributed by atoms with Gasteiger partial charge in [0.2, 0.25) is 10.0 Å². The van der Waals surface area contributed by atoms with Crippen LogP contribution in [0, 0.1) is 0 Å². The van der Waals surface area contributed by atoms with Crippen LogP contribution in [0.5, 0.6) is 11.5 Å². The van der Waals surface area contributed by atoms with Crippen molar-refractivity contribution in [1.29, 1.82) is 0 Å². The Kier molecular flexibility index (Phi) is 8.68. The lowest BCUT2D eigenvalue weighted by molar-refractivity contribution is 0.0986. The minimum absolute atomic E-state index is 0.212. The van der Waals surface area contributed by atoms with Crippen molar-refractivity contribution in [1.82, 2.24) is 14.2 Å². The van der Waals surface area contributed by atoms with Crippen LogP contribution in [-0.4, -0.2) is 83.0 Å². The maximum absolute atomic E-state index is 13.7. The summed E-state index contributed by atoms with van der Waals surface area (Å²) in [5.74, 6) is 0.947. The van der Waals surface area contributed by atoms with Gasteiger partial charge in [0.25, 0.3) is 5.91 Å². The number of carbonyl (C=O) groups is 1. The Bertz CT molecular complexity index is 1290. The van der Waals surface area contributed by atoms with Crippen LogP contribution in [0.3, 0.4) is 0 Å². The van der Waals surface area contributed by atoms with Crippen LogP contribution in [0.25, 0.3) is 10.2 Å². The van der Waals surface area contributed by atoms with Gasteiger partial charge in [0.15, 0.2) is 16.6 Å². The fraction of sp³-hybridized carbons (Fsp3) is 0.462. The Hall–Kier alpha value is -2.73. The zero-order chi connectivity index (χ0) is 26.6. The zero-order valence-corrected chi connectivity index (χ0v) is 23.4. The second-order valence-electron chi connectivity index (χ2n) is 9.27. The van der Waals surface area contributed by atoms with Crippen molar-refractivity contribution >= 4 is 42.6 Å². The van der Waals surface area contributed by atoms with Gasteiger partial charge in [-0.3, -0.25) is 9.69 Å². The molecule has 1 saturated heterocycles. The molecule has 3 aromatic rings. The molecule has 4 rings (SSSR count). The molecular formula is C26H34N4O5S2. The Morgan fingerprint density at radius 2 is 1.65 bits per heavy atom. The first kappa shape index (κ1) is 27.3. The van der Waals surface area contributed by atoms with E-state index in [1.54, 1.807) is 37.3 Å². The van der Waals surface area contributed by atoms with Gasteiger partial charge in [-0.25, -0.2) is 13.4 Å². The van der Waals surface area contributed by atoms with Crippen LogP contribution in [0.4, 0.5) is 5.13 Å². The predicted octanol–water partition coefficient (Wildman–Crippen LogP) is 4.09. The molecular weight excluding hydrogens is 512 g/mol. The summed E-state index contributed by atoms with van der Waals surface area (Å²) in [7, 11) is 3.57. The monoisotopic (exact) mass is 546 g/mol. The number of hydrogen-bond donors (Lipinski definition) is 0. The van der Waals surface area contributed by atoms with Gasteiger partial charge in [0.05, 0.1) is 29.3 Å². The summed E-state index contributed by atoms with van der Waals surface area (Å²) in [6.07, 6.45) is 3.55. The quantitative estimate of drug-likeness (QED) is 0.378. The number of piperidine rings is 1. The highest BCUT2D eigenvalue weighted by molar-refractivity contribution is 7.89. The minimum Gasteiger partial charge on any atom is -0.493 e. The lowest BCUT2D eigenvalue weighted by Gasteiger charge is -2.26. The van der Waals surface area contributed by atoms with Crippen molar-refractivity contribution < 1.29 is 22.7 Å². The Morgan fingerprint density at radius 1 is 1.00 bits per heavy atom. The van der Waals surface area contributed by atoms with Gasteiger partial charge in [0.1, 0.15) is 0 Å². The van der Waals surface area contributed by atoms with E-state index in [4.69, 9.17) is 14.5 Å². The summed E-state index contributed by atoms with van der Waals surface area (Å²) in [5.41, 5.74) is 1.13. The number of ether oxygens (including phenoxy) is 2. The highest BCUT2D eigenvalue weighted by Gasteiger charge is 2.27. The number of aromatic nitrogens is 1. The number of fused-ring (bicyclic) bond motifs is 1. The molecule has 9 nitrogen and oxygen atoms in total. The van der Waals surface area contributed by atoms with E-state index < -0.39 is 10.0 Å². The summed E-state index contributed by atoms with van der Waals surface area (Å²) in [6.45, 7) is 2.36. The van der Waals surface area contributed by atoms with Crippen LogP contribution >= 0.6 is 11.3 Å². The summed E-state index contributed by atoms with van der Waals surface area (Å²) in [6, 6.07) is 9.91. The van der Waals surface area contributed by atoms with E-state index in [0.717, 1.165) is 36.9 Å². The molecule has 2 aromatic carbocycles. The average Bonchev–Trinajstić information content (AvgIpc) is 3.32. The van der Waals surface area contributed by atoms with Crippen LogP contribution in [0.15, 0.2) is 41.3 Å². The van der Waals surface area contributed by atoms with E-state index in [9.17, 15) is 13.2 Å². The van der Waals surface area contributed by atoms with Crippen LogP contribution < -0.4 is 14.4 Å². The first-order valence-corrected chi connectivity index (χ1v) is 14.6. The number of amides is 1. The molecule has 0 spiro atoms. The third kappa shape index (κ3) is 6.06. The number of sulfonamides is 1. The molecule has 0 saturated carbocycles. The molecule has 200 valence electrons. The Balaban J connectivity index is 1.63. The van der Waals surface area contributed by atoms with Gasteiger partial charge in [-0.1, -0.05) is 17.8 Å².